The van der Waals surface area contributed by atoms with Crippen LogP contribution in [-0.2, 0) is 9.47 Å². The number of allylic oxidation sites excluding steroid dienone is 1. The molecule has 0 saturated carbocycles. The summed E-state index contributed by atoms with van der Waals surface area (Å²) in [4.78, 5) is 2.56. The molecule has 0 spiro atoms. The van der Waals surface area contributed by atoms with E-state index in [0.717, 1.165) is 26.3 Å². The average Bonchev–Trinajstić information content (AvgIpc) is 3.19. The summed E-state index contributed by atoms with van der Waals surface area (Å²) in [6.45, 7) is 25.6. The second-order valence-corrected chi connectivity index (χ2v) is 15.5. The summed E-state index contributed by atoms with van der Waals surface area (Å²) in [5, 5.41) is 8.74. The Kier molecular flexibility index (Phi) is 103. The molecule has 0 aromatic carbocycles. The minimum atomic E-state index is 0. The van der Waals surface area contributed by atoms with Crippen LogP contribution in [0.2, 0.25) is 0 Å². The molecule has 0 aliphatic carbocycles. The van der Waals surface area contributed by atoms with E-state index in [1.165, 1.54) is 206 Å². The Morgan fingerprint density at radius 3 is 1.19 bits per heavy atom. The van der Waals surface area contributed by atoms with Crippen molar-refractivity contribution in [3.8, 4) is 0 Å². The van der Waals surface area contributed by atoms with Gasteiger partial charge in [0.15, 0.2) is 0 Å². The molecule has 0 heterocycles. The van der Waals surface area contributed by atoms with Gasteiger partial charge in [-0.05, 0) is 64.5 Å². The lowest BCUT2D eigenvalue weighted by molar-refractivity contribution is 0.192. The molecule has 1 unspecified atom stereocenters. The zero-order valence-electron chi connectivity index (χ0n) is 39.8. The number of hydrogen-bond acceptors (Lipinski definition) is 5. The molecule has 0 aliphatic rings. The zero-order chi connectivity index (χ0) is 41.4. The topological polar surface area (TPSA) is 99.5 Å². The van der Waals surface area contributed by atoms with Gasteiger partial charge in [-0.25, -0.2) is 0 Å². The van der Waals surface area contributed by atoms with Gasteiger partial charge >= 0.3 is 0 Å². The van der Waals surface area contributed by atoms with Gasteiger partial charge < -0.3 is 30.7 Å². The summed E-state index contributed by atoms with van der Waals surface area (Å²) in [6, 6.07) is 0. The van der Waals surface area contributed by atoms with Gasteiger partial charge in [0.25, 0.3) is 0 Å². The van der Waals surface area contributed by atoms with Crippen molar-refractivity contribution in [2.45, 2.75) is 256 Å². The van der Waals surface area contributed by atoms with E-state index in [1.54, 1.807) is 14.2 Å². The van der Waals surface area contributed by atoms with Crippen molar-refractivity contribution in [1.82, 2.24) is 4.90 Å². The Morgan fingerprint density at radius 1 is 0.544 bits per heavy atom. The Balaban J connectivity index is -0.0000000774. The highest BCUT2D eigenvalue weighted by atomic mass is 16.5. The Morgan fingerprint density at radius 2 is 0.877 bits per heavy atom. The van der Waals surface area contributed by atoms with Gasteiger partial charge in [-0.15, -0.1) is 6.58 Å². The maximum atomic E-state index is 8.74. The minimum Gasteiger partial charge on any atom is -0.412 e. The molecule has 0 amide bonds. The number of nitrogens with zero attached hydrogens (tertiary/aromatic N) is 1. The van der Waals surface area contributed by atoms with Crippen molar-refractivity contribution < 1.29 is 21.5 Å². The van der Waals surface area contributed by atoms with Crippen LogP contribution in [0.25, 0.3) is 0 Å². The monoisotopic (exact) mass is 825 g/mol. The Labute approximate surface area is 365 Å². The third-order valence-electron chi connectivity index (χ3n) is 9.72. The number of aliphatic hydroxyl groups excluding tert-OH is 1. The van der Waals surface area contributed by atoms with E-state index in [-0.39, 0.29) is 21.8 Å². The molecule has 0 aliphatic heterocycles. The van der Waals surface area contributed by atoms with Crippen LogP contribution in [0.5, 0.6) is 0 Å². The van der Waals surface area contributed by atoms with Gasteiger partial charge in [0.1, 0.15) is 0 Å². The molecule has 358 valence electrons. The second kappa shape index (κ2) is 79.6. The first-order valence-electron chi connectivity index (χ1n) is 24.0. The fourth-order valence-electron chi connectivity index (χ4n) is 5.86. The highest BCUT2D eigenvalue weighted by Gasteiger charge is 2.03. The second-order valence-electron chi connectivity index (χ2n) is 15.5. The fraction of sp³-hybridized carbons (Fsp3) is 0.961. The third-order valence-corrected chi connectivity index (χ3v) is 9.72. The van der Waals surface area contributed by atoms with Crippen molar-refractivity contribution in [2.24, 2.45) is 11.7 Å². The van der Waals surface area contributed by atoms with Crippen molar-refractivity contribution in [2.75, 3.05) is 60.2 Å². The standard InChI is InChI=1S/C17H36N2.2C10H22O.C9H20.C3H8O.2CH4.H2O.H2/c1-3-5-7-9-11-13-16-19(17-14-18)15-12-10-8-6-4-2;1-3-4-5-6-7-8-10(2)9-11;1-3-4-5-6-7-8-9-10-11-2;1-3-5-7-9-8-6-4-2;1-3-4-2;;;;/h3H,1,4-18H2,2H3;10-11H,3-9H2,1-2H3;3-10H2,1-2H3;3-9H2,1-2H3;3H2,1-2H3;2*1H4;1H2;1H. The predicted molar refractivity (Wildman–Crippen MR) is 267 cm³/mol. The first kappa shape index (κ1) is 74.0. The summed E-state index contributed by atoms with van der Waals surface area (Å²) in [5.74, 6) is 0.511. The molecule has 0 radical (unpaired) electrons. The van der Waals surface area contributed by atoms with Crippen molar-refractivity contribution in [3.63, 3.8) is 0 Å². The van der Waals surface area contributed by atoms with Crippen LogP contribution in [0, 0.1) is 5.92 Å². The SMILES string of the molecule is C.C.C=CCCCCCCN(CCN)CCCCCCC.CCCCCCCC(C)CO.CCCCCCCCC.CCCCCCCCCOC.CCOC.O.[HH]. The number of rotatable bonds is 37. The number of unbranched alkanes of at least 4 members (excludes halogenated alkanes) is 24. The molecule has 1 atom stereocenters. The van der Waals surface area contributed by atoms with Gasteiger partial charge in [0.2, 0.25) is 0 Å². The van der Waals surface area contributed by atoms with E-state index in [9.17, 15) is 0 Å². The highest BCUT2D eigenvalue weighted by molar-refractivity contribution is 4.66. The normalized spacial score (nSPS) is 10.4. The van der Waals surface area contributed by atoms with Crippen molar-refractivity contribution >= 4 is 0 Å². The molecule has 57 heavy (non-hydrogen) atoms. The average molecular weight is 826 g/mol. The zero-order valence-corrected chi connectivity index (χ0v) is 39.8. The fourth-order valence-corrected chi connectivity index (χ4v) is 5.86. The Bertz CT molecular complexity index is 559. The lowest BCUT2D eigenvalue weighted by Gasteiger charge is -2.21. The molecule has 6 nitrogen and oxygen atoms in total. The number of ether oxygens (including phenoxy) is 2. The quantitative estimate of drug-likeness (QED) is 0.0480. The summed E-state index contributed by atoms with van der Waals surface area (Å²) < 4.78 is 9.51. The van der Waals surface area contributed by atoms with E-state index >= 15 is 0 Å². The van der Waals surface area contributed by atoms with Crippen LogP contribution in [0.1, 0.15) is 257 Å². The molecule has 0 aromatic heterocycles. The van der Waals surface area contributed by atoms with E-state index in [4.69, 9.17) is 15.6 Å². The van der Waals surface area contributed by atoms with Crippen LogP contribution in [0.4, 0.5) is 0 Å². The smallest absolute Gasteiger partial charge is 0.0462 e. The summed E-state index contributed by atoms with van der Waals surface area (Å²) in [6.07, 6.45) is 42.8. The molecule has 0 bridgehead atoms. The van der Waals surface area contributed by atoms with Crippen LogP contribution in [-0.4, -0.2) is 75.7 Å². The highest BCUT2D eigenvalue weighted by Crippen LogP contribution is 2.11. The van der Waals surface area contributed by atoms with E-state index < -0.39 is 0 Å². The van der Waals surface area contributed by atoms with Crippen LogP contribution < -0.4 is 5.73 Å². The van der Waals surface area contributed by atoms with E-state index in [2.05, 4.69) is 57.8 Å². The van der Waals surface area contributed by atoms with Gasteiger partial charge in [-0.3, -0.25) is 0 Å². The van der Waals surface area contributed by atoms with Gasteiger partial charge in [-0.1, -0.05) is 217 Å². The lowest BCUT2D eigenvalue weighted by Crippen LogP contribution is -2.31. The van der Waals surface area contributed by atoms with Crippen LogP contribution in [0.15, 0.2) is 12.7 Å². The first-order valence-corrected chi connectivity index (χ1v) is 24.0. The number of methoxy groups -OCH3 is 2. The molecule has 5 N–H and O–H groups in total. The largest absolute Gasteiger partial charge is 0.412 e. The number of aliphatic hydroxyl groups is 1. The summed E-state index contributed by atoms with van der Waals surface area (Å²) in [7, 11) is 3.46. The van der Waals surface area contributed by atoms with Crippen LogP contribution >= 0.6 is 0 Å². The number of hydrogen-bond donors (Lipinski definition) is 2. The summed E-state index contributed by atoms with van der Waals surface area (Å²) >= 11 is 0. The summed E-state index contributed by atoms with van der Waals surface area (Å²) in [5.41, 5.74) is 5.70. The van der Waals surface area contributed by atoms with Gasteiger partial charge in [0.05, 0.1) is 0 Å². The molecule has 0 aromatic rings. The molecular weight excluding hydrogens is 705 g/mol. The molecule has 0 saturated heterocycles. The number of nitrogens with two attached hydrogens (primary N) is 1. The molecule has 0 rings (SSSR count). The van der Waals surface area contributed by atoms with Crippen molar-refractivity contribution in [3.05, 3.63) is 12.7 Å². The maximum absolute atomic E-state index is 8.74. The van der Waals surface area contributed by atoms with E-state index in [1.807, 2.05) is 13.0 Å². The third kappa shape index (κ3) is 92.2. The van der Waals surface area contributed by atoms with Crippen molar-refractivity contribution in [1.29, 1.82) is 0 Å². The maximum Gasteiger partial charge on any atom is 0.0462 e. The van der Waals surface area contributed by atoms with Gasteiger partial charge in [0, 0.05) is 48.6 Å². The van der Waals surface area contributed by atoms with Crippen LogP contribution in [0.3, 0.4) is 0 Å². The van der Waals surface area contributed by atoms with Gasteiger partial charge in [-0.2, -0.15) is 0 Å². The lowest BCUT2D eigenvalue weighted by atomic mass is 10.0. The van der Waals surface area contributed by atoms with E-state index in [0.29, 0.717) is 12.5 Å². The first-order chi connectivity index (χ1) is 26.4. The predicted octanol–water partition coefficient (Wildman–Crippen LogP) is 15.8. The molecular formula is C51H120N2O4. The Hall–Kier alpha value is -0.500. The molecule has 0 fully saturated rings. The molecule has 6 heteroatoms. The minimum absolute atomic E-state index is 0.